The molecule has 0 saturated carbocycles. The number of aryl methyl sites for hydroxylation is 2. The van der Waals surface area contributed by atoms with Gasteiger partial charge in [-0.25, -0.2) is 4.39 Å². The number of isothiocyanates is 1. The van der Waals surface area contributed by atoms with Crippen LogP contribution in [0.15, 0.2) is 41.4 Å². The van der Waals surface area contributed by atoms with Crippen molar-refractivity contribution in [3.8, 4) is 11.1 Å². The monoisotopic (exact) mass is 313 g/mol. The lowest BCUT2D eigenvalue weighted by Gasteiger charge is -2.08. The normalized spacial score (nSPS) is 10.3. The molecule has 0 atom stereocenters. The zero-order valence-corrected chi connectivity index (χ0v) is 13.8. The molecule has 0 saturated heterocycles. The molecular formula is C19H20FNS. The zero-order valence-electron chi connectivity index (χ0n) is 13.0. The molecular weight excluding hydrogens is 293 g/mol. The van der Waals surface area contributed by atoms with Crippen LogP contribution < -0.4 is 0 Å². The summed E-state index contributed by atoms with van der Waals surface area (Å²) in [6.07, 6.45) is 4.80. The van der Waals surface area contributed by atoms with E-state index in [4.69, 9.17) is 0 Å². The van der Waals surface area contributed by atoms with Gasteiger partial charge in [-0.1, -0.05) is 44.0 Å². The number of nitrogens with zero attached hydrogens (tertiary/aromatic N) is 1. The van der Waals surface area contributed by atoms with Crippen molar-refractivity contribution in [2.45, 2.75) is 39.5 Å². The number of benzene rings is 2. The fourth-order valence-corrected chi connectivity index (χ4v) is 2.62. The van der Waals surface area contributed by atoms with Crippen LogP contribution in [0.4, 0.5) is 10.1 Å². The van der Waals surface area contributed by atoms with Crippen LogP contribution in [0.25, 0.3) is 11.1 Å². The smallest absolute Gasteiger partial charge is 0.150 e. The maximum atomic E-state index is 14.1. The van der Waals surface area contributed by atoms with E-state index >= 15 is 0 Å². The van der Waals surface area contributed by atoms with Crippen LogP contribution in [-0.4, -0.2) is 5.16 Å². The average molecular weight is 313 g/mol. The van der Waals surface area contributed by atoms with Gasteiger partial charge >= 0.3 is 0 Å². The Hall–Kier alpha value is -1.83. The lowest BCUT2D eigenvalue weighted by molar-refractivity contribution is 0.629. The van der Waals surface area contributed by atoms with Gasteiger partial charge in [-0.15, -0.1) is 0 Å². The lowest BCUT2D eigenvalue weighted by Crippen LogP contribution is -1.88. The summed E-state index contributed by atoms with van der Waals surface area (Å²) >= 11 is 4.55. The van der Waals surface area contributed by atoms with Crippen molar-refractivity contribution in [3.63, 3.8) is 0 Å². The van der Waals surface area contributed by atoms with Crippen molar-refractivity contribution in [2.75, 3.05) is 0 Å². The van der Waals surface area contributed by atoms with Gasteiger partial charge in [0, 0.05) is 0 Å². The second kappa shape index (κ2) is 7.98. The Morgan fingerprint density at radius 1 is 1.09 bits per heavy atom. The molecule has 0 aliphatic rings. The van der Waals surface area contributed by atoms with Crippen LogP contribution >= 0.6 is 12.2 Å². The second-order valence-electron chi connectivity index (χ2n) is 5.48. The summed E-state index contributed by atoms with van der Waals surface area (Å²) in [5.74, 6) is -0.362. The number of aliphatic imine (C=N–C) groups is 1. The van der Waals surface area contributed by atoms with E-state index in [9.17, 15) is 4.39 Å². The van der Waals surface area contributed by atoms with Gasteiger partial charge in [0.05, 0.1) is 5.16 Å². The molecule has 0 heterocycles. The van der Waals surface area contributed by atoms with Crippen molar-refractivity contribution in [1.82, 2.24) is 0 Å². The molecule has 0 aliphatic carbocycles. The first-order chi connectivity index (χ1) is 10.7. The largest absolute Gasteiger partial charge is 0.205 e. The quantitative estimate of drug-likeness (QED) is 0.348. The van der Waals surface area contributed by atoms with Gasteiger partial charge in [-0.05, 0) is 66.4 Å². The van der Waals surface area contributed by atoms with E-state index in [1.54, 1.807) is 0 Å². The lowest BCUT2D eigenvalue weighted by atomic mass is 9.99. The second-order valence-corrected chi connectivity index (χ2v) is 5.66. The molecule has 2 aromatic carbocycles. The van der Waals surface area contributed by atoms with E-state index in [0.29, 0.717) is 0 Å². The highest BCUT2D eigenvalue weighted by atomic mass is 32.1. The SMILES string of the molecule is CCCCCc1ccc(-c2cc(C)c(N=C=S)c(F)c2)cc1. The van der Waals surface area contributed by atoms with Crippen molar-refractivity contribution >= 4 is 23.1 Å². The predicted octanol–water partition coefficient (Wildman–Crippen LogP) is 6.27. The minimum absolute atomic E-state index is 0.273. The number of rotatable bonds is 6. The molecule has 22 heavy (non-hydrogen) atoms. The third-order valence-corrected chi connectivity index (χ3v) is 3.86. The van der Waals surface area contributed by atoms with Crippen molar-refractivity contribution in [2.24, 2.45) is 4.99 Å². The summed E-state index contributed by atoms with van der Waals surface area (Å²) in [7, 11) is 0. The van der Waals surface area contributed by atoms with Gasteiger partial charge in [0.25, 0.3) is 0 Å². The average Bonchev–Trinajstić information content (AvgIpc) is 2.52. The molecule has 0 N–H and O–H groups in total. The molecule has 0 unspecified atom stereocenters. The molecule has 0 radical (unpaired) electrons. The topological polar surface area (TPSA) is 12.4 Å². The van der Waals surface area contributed by atoms with Crippen molar-refractivity contribution in [1.29, 1.82) is 0 Å². The molecule has 114 valence electrons. The maximum Gasteiger partial charge on any atom is 0.150 e. The third kappa shape index (κ3) is 4.09. The summed E-state index contributed by atoms with van der Waals surface area (Å²) in [4.78, 5) is 3.79. The summed E-state index contributed by atoms with van der Waals surface area (Å²) < 4.78 is 14.1. The molecule has 2 rings (SSSR count). The fourth-order valence-electron chi connectivity index (χ4n) is 2.53. The molecule has 1 nitrogen and oxygen atoms in total. The fraction of sp³-hybridized carbons (Fsp3) is 0.316. The van der Waals surface area contributed by atoms with Gasteiger partial charge in [0.15, 0.2) is 5.82 Å². The highest BCUT2D eigenvalue weighted by Gasteiger charge is 2.08. The number of hydrogen-bond donors (Lipinski definition) is 0. The van der Waals surface area contributed by atoms with Gasteiger partial charge in [-0.3, -0.25) is 0 Å². The molecule has 0 amide bonds. The Balaban J connectivity index is 2.23. The summed E-state index contributed by atoms with van der Waals surface area (Å²) in [5, 5.41) is 2.23. The first kappa shape index (κ1) is 16.5. The van der Waals surface area contributed by atoms with Crippen LogP contribution in [0.2, 0.25) is 0 Å². The molecule has 0 spiro atoms. The molecule has 3 heteroatoms. The van der Waals surface area contributed by atoms with Crippen molar-refractivity contribution < 1.29 is 4.39 Å². The standard InChI is InChI=1S/C19H20FNS/c1-3-4-5-6-15-7-9-16(10-8-15)17-11-14(2)19(21-13-22)18(20)12-17/h7-12H,3-6H2,1-2H3. The van der Waals surface area contributed by atoms with Crippen LogP contribution in [-0.2, 0) is 6.42 Å². The summed E-state index contributed by atoms with van der Waals surface area (Å²) in [6.45, 7) is 4.04. The van der Waals surface area contributed by atoms with E-state index in [1.165, 1.54) is 30.9 Å². The van der Waals surface area contributed by atoms with Gasteiger partial charge in [0.1, 0.15) is 5.69 Å². The first-order valence-corrected chi connectivity index (χ1v) is 8.04. The Morgan fingerprint density at radius 2 is 1.82 bits per heavy atom. The van der Waals surface area contributed by atoms with E-state index in [1.807, 2.05) is 13.0 Å². The van der Waals surface area contributed by atoms with Crippen LogP contribution in [0.5, 0.6) is 0 Å². The maximum absolute atomic E-state index is 14.1. The third-order valence-electron chi connectivity index (χ3n) is 3.77. The molecule has 2 aromatic rings. The summed E-state index contributed by atoms with van der Waals surface area (Å²) in [6, 6.07) is 11.8. The summed E-state index contributed by atoms with van der Waals surface area (Å²) in [5.41, 5.74) is 4.24. The van der Waals surface area contributed by atoms with Gasteiger partial charge < -0.3 is 0 Å². The minimum Gasteiger partial charge on any atom is -0.205 e. The van der Waals surface area contributed by atoms with Crippen molar-refractivity contribution in [3.05, 3.63) is 53.3 Å². The Kier molecular flexibility index (Phi) is 6.00. The van der Waals surface area contributed by atoms with Gasteiger partial charge in [0.2, 0.25) is 0 Å². The first-order valence-electron chi connectivity index (χ1n) is 7.63. The van der Waals surface area contributed by atoms with Crippen LogP contribution in [0.3, 0.4) is 0 Å². The minimum atomic E-state index is -0.362. The Morgan fingerprint density at radius 3 is 2.41 bits per heavy atom. The number of unbranched alkanes of at least 4 members (excludes halogenated alkanes) is 2. The highest BCUT2D eigenvalue weighted by Crippen LogP contribution is 2.29. The number of thiocarbonyl (C=S) groups is 1. The van der Waals surface area contributed by atoms with E-state index in [2.05, 4.69) is 53.6 Å². The van der Waals surface area contributed by atoms with E-state index in [-0.39, 0.29) is 11.5 Å². The highest BCUT2D eigenvalue weighted by molar-refractivity contribution is 7.78. The molecule has 0 bridgehead atoms. The molecule has 0 fully saturated rings. The molecule has 0 aromatic heterocycles. The number of halogens is 1. The molecule has 0 aliphatic heterocycles. The van der Waals surface area contributed by atoms with Crippen LogP contribution in [0.1, 0.15) is 37.3 Å². The van der Waals surface area contributed by atoms with Gasteiger partial charge in [-0.2, -0.15) is 4.99 Å². The van der Waals surface area contributed by atoms with Crippen LogP contribution in [0, 0.1) is 12.7 Å². The Labute approximate surface area is 136 Å². The Bertz CT molecular complexity index is 662. The van der Waals surface area contributed by atoms with E-state index in [0.717, 1.165) is 23.1 Å². The predicted molar refractivity (Wildman–Crippen MR) is 94.5 cm³/mol. The van der Waals surface area contributed by atoms with E-state index < -0.39 is 0 Å². The number of hydrogen-bond acceptors (Lipinski definition) is 2. The zero-order chi connectivity index (χ0) is 15.9.